The molecule has 2 N–H and O–H groups in total. The lowest BCUT2D eigenvalue weighted by Gasteiger charge is -2.19. The second kappa shape index (κ2) is 9.27. The maximum atomic E-state index is 11.4. The summed E-state index contributed by atoms with van der Waals surface area (Å²) in [4.78, 5) is 11.4. The molecular formula is C16H25NO5. The average Bonchev–Trinajstić information content (AvgIpc) is 2.41. The number of benzene rings is 1. The van der Waals surface area contributed by atoms with Gasteiger partial charge < -0.3 is 24.7 Å². The Bertz CT molecular complexity index is 456. The number of esters is 1. The summed E-state index contributed by atoms with van der Waals surface area (Å²) >= 11 is 0. The SMILES string of the molecule is CC(C)(C)OC(=O)COCCOCCOc1ccccc1N. The largest absolute Gasteiger partial charge is 0.489 e. The van der Waals surface area contributed by atoms with Gasteiger partial charge in [0.15, 0.2) is 0 Å². The summed E-state index contributed by atoms with van der Waals surface area (Å²) in [6, 6.07) is 7.29. The molecule has 22 heavy (non-hydrogen) atoms. The number of nitrogens with two attached hydrogens (primary N) is 1. The van der Waals surface area contributed by atoms with Gasteiger partial charge in [-0.05, 0) is 32.9 Å². The van der Waals surface area contributed by atoms with Crippen LogP contribution in [0, 0.1) is 0 Å². The van der Waals surface area contributed by atoms with Crippen LogP contribution in [0.5, 0.6) is 5.75 Å². The first-order chi connectivity index (χ1) is 10.4. The first-order valence-corrected chi connectivity index (χ1v) is 7.23. The van der Waals surface area contributed by atoms with E-state index >= 15 is 0 Å². The molecule has 6 heteroatoms. The number of nitrogen functional groups attached to an aromatic ring is 1. The molecule has 0 unspecified atom stereocenters. The predicted molar refractivity (Wildman–Crippen MR) is 83.8 cm³/mol. The number of anilines is 1. The van der Waals surface area contributed by atoms with Crippen molar-refractivity contribution in [2.45, 2.75) is 26.4 Å². The van der Waals surface area contributed by atoms with Crippen LogP contribution in [0.25, 0.3) is 0 Å². The van der Waals surface area contributed by atoms with Gasteiger partial charge in [0.25, 0.3) is 0 Å². The van der Waals surface area contributed by atoms with Gasteiger partial charge in [0.2, 0.25) is 0 Å². The van der Waals surface area contributed by atoms with Crippen LogP contribution in [-0.4, -0.2) is 44.6 Å². The molecule has 0 aromatic heterocycles. The fourth-order valence-electron chi connectivity index (χ4n) is 1.57. The molecule has 0 saturated carbocycles. The zero-order chi connectivity index (χ0) is 16.4. The lowest BCUT2D eigenvalue weighted by Crippen LogP contribution is -2.27. The molecule has 0 aliphatic heterocycles. The number of rotatable bonds is 9. The van der Waals surface area contributed by atoms with Crippen molar-refractivity contribution in [3.8, 4) is 5.75 Å². The Morgan fingerprint density at radius 3 is 2.36 bits per heavy atom. The number of carbonyl (C=O) groups excluding carboxylic acids is 1. The third-order valence-corrected chi connectivity index (χ3v) is 2.42. The molecule has 124 valence electrons. The number of hydrogen-bond donors (Lipinski definition) is 1. The van der Waals surface area contributed by atoms with Gasteiger partial charge in [-0.2, -0.15) is 0 Å². The monoisotopic (exact) mass is 311 g/mol. The van der Waals surface area contributed by atoms with Gasteiger partial charge in [0, 0.05) is 0 Å². The van der Waals surface area contributed by atoms with Crippen LogP contribution in [0.1, 0.15) is 20.8 Å². The summed E-state index contributed by atoms with van der Waals surface area (Å²) in [5.74, 6) is 0.266. The number of hydrogen-bond acceptors (Lipinski definition) is 6. The average molecular weight is 311 g/mol. The third kappa shape index (κ3) is 8.49. The van der Waals surface area contributed by atoms with Crippen molar-refractivity contribution in [3.05, 3.63) is 24.3 Å². The van der Waals surface area contributed by atoms with Crippen LogP contribution in [0.4, 0.5) is 5.69 Å². The Morgan fingerprint density at radius 1 is 1.05 bits per heavy atom. The summed E-state index contributed by atoms with van der Waals surface area (Å²) in [6.45, 7) is 6.90. The van der Waals surface area contributed by atoms with Crippen molar-refractivity contribution in [2.75, 3.05) is 38.8 Å². The number of ether oxygens (including phenoxy) is 4. The molecule has 0 aliphatic rings. The minimum atomic E-state index is -0.492. The van der Waals surface area contributed by atoms with E-state index in [0.717, 1.165) is 0 Å². The van der Waals surface area contributed by atoms with Crippen LogP contribution in [-0.2, 0) is 19.0 Å². The normalized spacial score (nSPS) is 11.2. The smallest absolute Gasteiger partial charge is 0.332 e. The van der Waals surface area contributed by atoms with E-state index in [1.54, 1.807) is 12.1 Å². The maximum absolute atomic E-state index is 11.4. The van der Waals surface area contributed by atoms with Gasteiger partial charge in [0.05, 0.1) is 25.5 Å². The lowest BCUT2D eigenvalue weighted by atomic mass is 10.2. The molecule has 0 spiro atoms. The van der Waals surface area contributed by atoms with E-state index in [1.807, 2.05) is 32.9 Å². The molecule has 0 bridgehead atoms. The number of para-hydroxylation sites is 2. The van der Waals surface area contributed by atoms with Crippen LogP contribution < -0.4 is 10.5 Å². The Morgan fingerprint density at radius 2 is 1.68 bits per heavy atom. The summed E-state index contributed by atoms with van der Waals surface area (Å²) in [5.41, 5.74) is 5.85. The fraction of sp³-hybridized carbons (Fsp3) is 0.562. The highest BCUT2D eigenvalue weighted by Crippen LogP contribution is 2.19. The van der Waals surface area contributed by atoms with E-state index in [-0.39, 0.29) is 12.6 Å². The van der Waals surface area contributed by atoms with E-state index in [2.05, 4.69) is 0 Å². The van der Waals surface area contributed by atoms with E-state index in [4.69, 9.17) is 24.7 Å². The van der Waals surface area contributed by atoms with Crippen molar-refractivity contribution < 1.29 is 23.7 Å². The summed E-state index contributed by atoms with van der Waals surface area (Å²) in [7, 11) is 0. The van der Waals surface area contributed by atoms with E-state index in [1.165, 1.54) is 0 Å². The summed E-state index contributed by atoms with van der Waals surface area (Å²) in [5, 5.41) is 0. The molecule has 1 aromatic carbocycles. The van der Waals surface area contributed by atoms with Gasteiger partial charge in [-0.3, -0.25) is 0 Å². The van der Waals surface area contributed by atoms with E-state index in [0.29, 0.717) is 37.9 Å². The highest BCUT2D eigenvalue weighted by Gasteiger charge is 2.15. The van der Waals surface area contributed by atoms with Gasteiger partial charge >= 0.3 is 5.97 Å². The first-order valence-electron chi connectivity index (χ1n) is 7.23. The molecule has 0 fully saturated rings. The highest BCUT2D eigenvalue weighted by atomic mass is 16.6. The van der Waals surface area contributed by atoms with Crippen molar-refractivity contribution >= 4 is 11.7 Å². The summed E-state index contributed by atoms with van der Waals surface area (Å²) < 4.78 is 21.1. The quantitative estimate of drug-likeness (QED) is 0.427. The Kier molecular flexibility index (Phi) is 7.70. The minimum absolute atomic E-state index is 0.0717. The molecule has 0 radical (unpaired) electrons. The molecule has 0 atom stereocenters. The molecule has 1 aromatic rings. The topological polar surface area (TPSA) is 80.0 Å². The van der Waals surface area contributed by atoms with Crippen LogP contribution in [0.2, 0.25) is 0 Å². The fourth-order valence-corrected chi connectivity index (χ4v) is 1.57. The Labute approximate surface area is 131 Å². The van der Waals surface area contributed by atoms with E-state index < -0.39 is 5.60 Å². The zero-order valence-electron chi connectivity index (χ0n) is 13.5. The summed E-state index contributed by atoms with van der Waals surface area (Å²) in [6.07, 6.45) is 0. The van der Waals surface area contributed by atoms with Crippen molar-refractivity contribution in [3.63, 3.8) is 0 Å². The molecule has 0 aliphatic carbocycles. The van der Waals surface area contributed by atoms with Gasteiger partial charge in [-0.15, -0.1) is 0 Å². The molecule has 0 heterocycles. The third-order valence-electron chi connectivity index (χ3n) is 2.42. The Hall–Kier alpha value is -1.79. The second-order valence-corrected chi connectivity index (χ2v) is 5.64. The van der Waals surface area contributed by atoms with Crippen LogP contribution >= 0.6 is 0 Å². The van der Waals surface area contributed by atoms with Crippen LogP contribution in [0.3, 0.4) is 0 Å². The van der Waals surface area contributed by atoms with Gasteiger partial charge in [-0.25, -0.2) is 4.79 Å². The van der Waals surface area contributed by atoms with Gasteiger partial charge in [-0.1, -0.05) is 12.1 Å². The first kappa shape index (κ1) is 18.3. The van der Waals surface area contributed by atoms with Gasteiger partial charge in [0.1, 0.15) is 24.6 Å². The lowest BCUT2D eigenvalue weighted by molar-refractivity contribution is -0.160. The second-order valence-electron chi connectivity index (χ2n) is 5.64. The molecule has 6 nitrogen and oxygen atoms in total. The minimum Gasteiger partial charge on any atom is -0.489 e. The Balaban J connectivity index is 1.98. The number of carbonyl (C=O) groups is 1. The van der Waals surface area contributed by atoms with E-state index in [9.17, 15) is 4.79 Å². The standard InChI is InChI=1S/C16H25NO5/c1-16(2,3)22-15(18)12-20-9-8-19-10-11-21-14-7-5-4-6-13(14)17/h4-7H,8-12,17H2,1-3H3. The van der Waals surface area contributed by atoms with Crippen molar-refractivity contribution in [2.24, 2.45) is 0 Å². The molecule has 1 rings (SSSR count). The van der Waals surface area contributed by atoms with Crippen molar-refractivity contribution in [1.82, 2.24) is 0 Å². The van der Waals surface area contributed by atoms with Crippen molar-refractivity contribution in [1.29, 1.82) is 0 Å². The maximum Gasteiger partial charge on any atom is 0.332 e. The highest BCUT2D eigenvalue weighted by molar-refractivity contribution is 5.71. The van der Waals surface area contributed by atoms with Crippen LogP contribution in [0.15, 0.2) is 24.3 Å². The molecular weight excluding hydrogens is 286 g/mol. The predicted octanol–water partition coefficient (Wildman–Crippen LogP) is 2.02. The molecule has 0 amide bonds. The molecule has 0 saturated heterocycles. The zero-order valence-corrected chi connectivity index (χ0v) is 13.5.